The summed E-state index contributed by atoms with van der Waals surface area (Å²) < 4.78 is 0. The van der Waals surface area contributed by atoms with E-state index in [0.717, 1.165) is 0 Å². The molecule has 0 heterocycles. The predicted octanol–water partition coefficient (Wildman–Crippen LogP) is 1.83. The number of hydrogen-bond acceptors (Lipinski definition) is 3. The predicted molar refractivity (Wildman–Crippen MR) is 47.5 cm³/mol. The van der Waals surface area contributed by atoms with Crippen LogP contribution in [-0.4, -0.2) is 10.9 Å². The first-order valence-corrected chi connectivity index (χ1v) is 3.69. The van der Waals surface area contributed by atoms with Crippen LogP contribution in [0.1, 0.15) is 17.3 Å². The summed E-state index contributed by atoms with van der Waals surface area (Å²) in [4.78, 5) is 10.9. The number of nitrogen functional groups attached to an aromatic ring is 1. The van der Waals surface area contributed by atoms with Gasteiger partial charge in [0, 0.05) is 10.7 Å². The lowest BCUT2D eigenvalue weighted by Crippen LogP contribution is -1.99. The quantitative estimate of drug-likeness (QED) is 0.518. The van der Waals surface area contributed by atoms with Crippen LogP contribution in [0.4, 0.5) is 5.69 Å². The second kappa shape index (κ2) is 3.03. The highest BCUT2D eigenvalue weighted by Gasteiger charge is 2.11. The number of ketones is 1. The summed E-state index contributed by atoms with van der Waals surface area (Å²) in [5.74, 6) is -0.450. The fourth-order valence-electron chi connectivity index (χ4n) is 0.997. The van der Waals surface area contributed by atoms with Gasteiger partial charge in [-0.15, -0.1) is 0 Å². The zero-order chi connectivity index (χ0) is 9.30. The number of carbonyl (C=O) groups is 1. The van der Waals surface area contributed by atoms with Crippen LogP contribution in [0.25, 0.3) is 0 Å². The fraction of sp³-hybridized carbons (Fsp3) is 0.125. The maximum absolute atomic E-state index is 10.9. The molecule has 0 unspecified atom stereocenters. The van der Waals surface area contributed by atoms with E-state index in [1.54, 1.807) is 0 Å². The topological polar surface area (TPSA) is 63.3 Å². The van der Waals surface area contributed by atoms with E-state index in [1.807, 2.05) is 0 Å². The second-order valence-corrected chi connectivity index (χ2v) is 2.88. The lowest BCUT2D eigenvalue weighted by atomic mass is 10.1. The van der Waals surface area contributed by atoms with Gasteiger partial charge in [-0.2, -0.15) is 0 Å². The summed E-state index contributed by atoms with van der Waals surface area (Å²) in [6.45, 7) is 1.33. The molecule has 0 saturated heterocycles. The maximum Gasteiger partial charge on any atom is 0.165 e. The Bertz CT molecular complexity index is 313. The minimum absolute atomic E-state index is 0.124. The van der Waals surface area contributed by atoms with E-state index >= 15 is 0 Å². The zero-order valence-electron chi connectivity index (χ0n) is 6.47. The van der Waals surface area contributed by atoms with E-state index in [4.69, 9.17) is 17.3 Å². The Morgan fingerprint density at radius 2 is 2.17 bits per heavy atom. The number of rotatable bonds is 1. The minimum Gasteiger partial charge on any atom is -0.507 e. The molecule has 0 amide bonds. The largest absolute Gasteiger partial charge is 0.507 e. The molecule has 0 fully saturated rings. The number of Topliss-reactive ketones (excluding diaryl/α,β-unsaturated/α-hetero) is 1. The molecule has 12 heavy (non-hydrogen) atoms. The SMILES string of the molecule is CC(=O)c1c(N)cc(Cl)cc1O. The van der Waals surface area contributed by atoms with Crippen molar-refractivity contribution in [1.82, 2.24) is 0 Å². The van der Waals surface area contributed by atoms with E-state index in [0.29, 0.717) is 5.02 Å². The van der Waals surface area contributed by atoms with Crippen molar-refractivity contribution in [3.63, 3.8) is 0 Å². The van der Waals surface area contributed by atoms with Gasteiger partial charge in [0.15, 0.2) is 5.78 Å². The van der Waals surface area contributed by atoms with Gasteiger partial charge in [0.2, 0.25) is 0 Å². The fourth-order valence-corrected chi connectivity index (χ4v) is 1.22. The average Bonchev–Trinajstić information content (AvgIpc) is 1.82. The second-order valence-electron chi connectivity index (χ2n) is 2.45. The van der Waals surface area contributed by atoms with Crippen molar-refractivity contribution < 1.29 is 9.90 Å². The van der Waals surface area contributed by atoms with E-state index in [1.165, 1.54) is 19.1 Å². The molecule has 0 aliphatic rings. The van der Waals surface area contributed by atoms with Crippen LogP contribution in [0, 0.1) is 0 Å². The summed E-state index contributed by atoms with van der Waals surface area (Å²) >= 11 is 5.58. The Balaban J connectivity index is 3.38. The minimum atomic E-state index is -0.276. The van der Waals surface area contributed by atoms with Gasteiger partial charge in [0.1, 0.15) is 5.75 Å². The lowest BCUT2D eigenvalue weighted by Gasteiger charge is -2.04. The molecule has 0 aliphatic carbocycles. The van der Waals surface area contributed by atoms with Gasteiger partial charge in [-0.3, -0.25) is 4.79 Å². The van der Waals surface area contributed by atoms with Crippen LogP contribution < -0.4 is 5.73 Å². The van der Waals surface area contributed by atoms with Gasteiger partial charge >= 0.3 is 0 Å². The maximum atomic E-state index is 10.9. The standard InChI is InChI=1S/C8H8ClNO2/c1-4(11)8-6(10)2-5(9)3-7(8)12/h2-3,12H,10H2,1H3. The molecule has 4 heteroatoms. The smallest absolute Gasteiger partial charge is 0.165 e. The third kappa shape index (κ3) is 1.51. The van der Waals surface area contributed by atoms with Crippen molar-refractivity contribution in [2.75, 3.05) is 5.73 Å². The third-order valence-electron chi connectivity index (χ3n) is 1.46. The summed E-state index contributed by atoms with van der Waals surface area (Å²) in [6.07, 6.45) is 0. The van der Waals surface area contributed by atoms with Gasteiger partial charge in [0.25, 0.3) is 0 Å². The Kier molecular flexibility index (Phi) is 2.24. The summed E-state index contributed by atoms with van der Waals surface area (Å²) in [7, 11) is 0. The van der Waals surface area contributed by atoms with Crippen LogP contribution in [-0.2, 0) is 0 Å². The van der Waals surface area contributed by atoms with E-state index in [2.05, 4.69) is 0 Å². The highest BCUT2D eigenvalue weighted by molar-refractivity contribution is 6.31. The molecule has 1 aromatic carbocycles. The first-order chi connectivity index (χ1) is 5.52. The lowest BCUT2D eigenvalue weighted by molar-refractivity contribution is 0.101. The van der Waals surface area contributed by atoms with Crippen molar-refractivity contribution in [1.29, 1.82) is 0 Å². The van der Waals surface area contributed by atoms with Gasteiger partial charge in [-0.25, -0.2) is 0 Å². The van der Waals surface area contributed by atoms with E-state index in [9.17, 15) is 9.90 Å². The molecule has 3 nitrogen and oxygen atoms in total. The zero-order valence-corrected chi connectivity index (χ0v) is 7.22. The number of aromatic hydroxyl groups is 1. The van der Waals surface area contributed by atoms with Crippen LogP contribution in [0.3, 0.4) is 0 Å². The Morgan fingerprint density at radius 1 is 1.58 bits per heavy atom. The monoisotopic (exact) mass is 185 g/mol. The highest BCUT2D eigenvalue weighted by Crippen LogP contribution is 2.28. The highest BCUT2D eigenvalue weighted by atomic mass is 35.5. The van der Waals surface area contributed by atoms with Crippen molar-refractivity contribution in [3.05, 3.63) is 22.7 Å². The molecule has 0 bridgehead atoms. The van der Waals surface area contributed by atoms with Gasteiger partial charge in [-0.1, -0.05) is 11.6 Å². The molecule has 1 aromatic rings. The number of hydrogen-bond donors (Lipinski definition) is 2. The molecule has 64 valence electrons. The summed E-state index contributed by atoms with van der Waals surface area (Å²) in [6, 6.07) is 2.71. The molecule has 0 aliphatic heterocycles. The Morgan fingerprint density at radius 3 is 2.58 bits per heavy atom. The van der Waals surface area contributed by atoms with E-state index < -0.39 is 0 Å². The van der Waals surface area contributed by atoms with Crippen LogP contribution >= 0.6 is 11.6 Å². The normalized spacial score (nSPS) is 9.83. The van der Waals surface area contributed by atoms with Gasteiger partial charge < -0.3 is 10.8 Å². The summed E-state index contributed by atoms with van der Waals surface area (Å²) in [5.41, 5.74) is 5.78. The molecular formula is C8H8ClNO2. The molecule has 0 saturated carbocycles. The van der Waals surface area contributed by atoms with Crippen LogP contribution in [0.5, 0.6) is 5.75 Å². The Hall–Kier alpha value is -1.22. The molecule has 0 atom stereocenters. The number of phenols is 1. The average molecular weight is 186 g/mol. The number of benzene rings is 1. The number of anilines is 1. The number of phenolic OH excluding ortho intramolecular Hbond substituents is 1. The van der Waals surface area contributed by atoms with Crippen molar-refractivity contribution in [2.24, 2.45) is 0 Å². The first-order valence-electron chi connectivity index (χ1n) is 3.31. The van der Waals surface area contributed by atoms with Gasteiger partial charge in [0.05, 0.1) is 5.56 Å². The molecule has 0 spiro atoms. The van der Waals surface area contributed by atoms with Crippen LogP contribution in [0.2, 0.25) is 5.02 Å². The number of nitrogens with two attached hydrogens (primary N) is 1. The van der Waals surface area contributed by atoms with E-state index in [-0.39, 0.29) is 22.8 Å². The number of halogens is 1. The van der Waals surface area contributed by atoms with Crippen molar-refractivity contribution >= 4 is 23.1 Å². The Labute approximate surface area is 74.8 Å². The number of carbonyl (C=O) groups excluding carboxylic acids is 1. The molecule has 0 aromatic heterocycles. The third-order valence-corrected chi connectivity index (χ3v) is 1.68. The molecular weight excluding hydrogens is 178 g/mol. The van der Waals surface area contributed by atoms with Crippen LogP contribution in [0.15, 0.2) is 12.1 Å². The van der Waals surface area contributed by atoms with Crippen molar-refractivity contribution in [2.45, 2.75) is 6.92 Å². The molecule has 1 rings (SSSR count). The van der Waals surface area contributed by atoms with Crippen molar-refractivity contribution in [3.8, 4) is 5.75 Å². The molecule has 0 radical (unpaired) electrons. The molecule has 3 N–H and O–H groups in total. The summed E-state index contributed by atoms with van der Waals surface area (Å²) in [5, 5.41) is 9.57. The first kappa shape index (κ1) is 8.87. The van der Waals surface area contributed by atoms with Gasteiger partial charge in [-0.05, 0) is 19.1 Å².